The van der Waals surface area contributed by atoms with Crippen LogP contribution in [0.4, 0.5) is 0 Å². The van der Waals surface area contributed by atoms with Crippen LogP contribution < -0.4 is 0 Å². The zero-order valence-corrected chi connectivity index (χ0v) is 16.8. The number of ether oxygens (including phenoxy) is 1. The number of carbonyl (C=O) groups excluding carboxylic acids is 2. The van der Waals surface area contributed by atoms with E-state index in [9.17, 15) is 14.7 Å². The number of fused-ring (bicyclic) bond motifs is 4. The van der Waals surface area contributed by atoms with Crippen molar-refractivity contribution >= 4 is 17.5 Å². The highest BCUT2D eigenvalue weighted by molar-refractivity contribution is 6.06. The molecule has 2 aliphatic carbocycles. The van der Waals surface area contributed by atoms with Crippen LogP contribution in [0.1, 0.15) is 44.2 Å². The van der Waals surface area contributed by atoms with Gasteiger partial charge in [0, 0.05) is 6.42 Å². The summed E-state index contributed by atoms with van der Waals surface area (Å²) in [6.45, 7) is 3.61. The summed E-state index contributed by atoms with van der Waals surface area (Å²) in [4.78, 5) is 31.8. The van der Waals surface area contributed by atoms with Gasteiger partial charge in [0.2, 0.25) is 5.60 Å². The number of oxime groups is 1. The fourth-order valence-corrected chi connectivity index (χ4v) is 5.69. The van der Waals surface area contributed by atoms with Crippen LogP contribution in [0, 0.1) is 28.6 Å². The number of hydrogen-bond donors (Lipinski definition) is 1. The van der Waals surface area contributed by atoms with Crippen LogP contribution >= 0.6 is 0 Å². The van der Waals surface area contributed by atoms with E-state index in [1.807, 2.05) is 6.92 Å². The maximum Gasteiger partial charge on any atom is 0.354 e. The molecule has 1 saturated heterocycles. The molecule has 5 rings (SSSR count). The number of ketones is 1. The Morgan fingerprint density at radius 3 is 2.67 bits per heavy atom. The van der Waals surface area contributed by atoms with Crippen LogP contribution in [0.2, 0.25) is 0 Å². The second-order valence-corrected chi connectivity index (χ2v) is 9.02. The van der Waals surface area contributed by atoms with Gasteiger partial charge in [0.05, 0.1) is 23.3 Å². The minimum atomic E-state index is -1.37. The zero-order chi connectivity index (χ0) is 21.3. The van der Waals surface area contributed by atoms with Crippen molar-refractivity contribution in [3.8, 4) is 6.07 Å². The predicted octanol–water partition coefficient (Wildman–Crippen LogP) is 2.27. The van der Waals surface area contributed by atoms with E-state index in [1.54, 1.807) is 37.3 Å². The van der Waals surface area contributed by atoms with Crippen molar-refractivity contribution in [2.45, 2.75) is 50.4 Å². The van der Waals surface area contributed by atoms with Gasteiger partial charge in [-0.05, 0) is 55.5 Å². The van der Waals surface area contributed by atoms with Crippen LogP contribution in [0.15, 0.2) is 41.6 Å². The average molecular weight is 406 g/mol. The van der Waals surface area contributed by atoms with Crippen molar-refractivity contribution in [1.29, 1.82) is 5.26 Å². The molecule has 0 bridgehead atoms. The fraction of sp³-hybridized carbons (Fsp3) is 0.478. The molecule has 7 heteroatoms. The normalized spacial score (nSPS) is 41.5. The highest BCUT2D eigenvalue weighted by Gasteiger charge is 2.73. The molecule has 6 atom stereocenters. The highest BCUT2D eigenvalue weighted by Crippen LogP contribution is 2.59. The van der Waals surface area contributed by atoms with E-state index in [0.29, 0.717) is 24.1 Å². The molecule has 1 N–H and O–H groups in total. The van der Waals surface area contributed by atoms with Crippen LogP contribution in [0.5, 0.6) is 0 Å². The molecular weight excluding hydrogens is 384 g/mol. The zero-order valence-electron chi connectivity index (χ0n) is 16.8. The Hall–Kier alpha value is -2.98. The first-order valence-electron chi connectivity index (χ1n) is 10.2. The number of allylic oxidation sites excluding steroid dienone is 1. The second-order valence-electron chi connectivity index (χ2n) is 9.02. The molecule has 1 aromatic carbocycles. The molecule has 2 heterocycles. The Labute approximate surface area is 174 Å². The minimum absolute atomic E-state index is 0.174. The van der Waals surface area contributed by atoms with E-state index in [2.05, 4.69) is 11.2 Å². The molecular formula is C23H22N2O5. The summed E-state index contributed by atoms with van der Waals surface area (Å²) < 4.78 is 5.80. The molecule has 2 fully saturated rings. The smallest absolute Gasteiger partial charge is 0.354 e. The lowest BCUT2D eigenvalue weighted by Gasteiger charge is -2.43. The van der Waals surface area contributed by atoms with E-state index in [0.717, 1.165) is 5.56 Å². The molecule has 0 amide bonds. The lowest BCUT2D eigenvalue weighted by atomic mass is 9.63. The number of rotatable bonds is 1. The molecule has 154 valence electrons. The summed E-state index contributed by atoms with van der Waals surface area (Å²) in [5.41, 5.74) is -2.02. The molecule has 2 aliphatic heterocycles. The van der Waals surface area contributed by atoms with Crippen molar-refractivity contribution < 1.29 is 24.3 Å². The predicted molar refractivity (Wildman–Crippen MR) is 105 cm³/mol. The van der Waals surface area contributed by atoms with Gasteiger partial charge in [0.15, 0.2) is 5.78 Å². The number of hydrogen-bond acceptors (Lipinski definition) is 7. The van der Waals surface area contributed by atoms with E-state index < -0.39 is 34.6 Å². The Kier molecular flexibility index (Phi) is 3.81. The first kappa shape index (κ1) is 19.0. The Morgan fingerprint density at radius 1 is 1.23 bits per heavy atom. The third-order valence-corrected chi connectivity index (χ3v) is 7.70. The SMILES string of the molecule is C[C@H]1CC[C@@H]2[C@@H](OC(=O)[C@]23CC(c2ccc(C#N)cc2)=NO3)[C@]2(C)C(=O)C=C[C@@]12O. The quantitative estimate of drug-likeness (QED) is 0.717. The largest absolute Gasteiger partial charge is 0.458 e. The van der Waals surface area contributed by atoms with Crippen LogP contribution in [-0.2, 0) is 19.2 Å². The number of benzene rings is 1. The van der Waals surface area contributed by atoms with E-state index in [-0.39, 0.29) is 18.1 Å². The number of nitrogens with zero attached hydrogens (tertiary/aromatic N) is 2. The van der Waals surface area contributed by atoms with E-state index in [1.165, 1.54) is 6.08 Å². The molecule has 7 nitrogen and oxygen atoms in total. The summed E-state index contributed by atoms with van der Waals surface area (Å²) >= 11 is 0. The molecule has 0 unspecified atom stereocenters. The van der Waals surface area contributed by atoms with E-state index >= 15 is 0 Å². The summed E-state index contributed by atoms with van der Waals surface area (Å²) in [6.07, 6.45) is 3.61. The van der Waals surface area contributed by atoms with Crippen molar-refractivity contribution in [1.82, 2.24) is 0 Å². The van der Waals surface area contributed by atoms with Crippen molar-refractivity contribution in [3.05, 3.63) is 47.5 Å². The number of aliphatic hydroxyl groups is 1. The van der Waals surface area contributed by atoms with Gasteiger partial charge in [-0.1, -0.05) is 24.2 Å². The topological polar surface area (TPSA) is 109 Å². The van der Waals surface area contributed by atoms with Gasteiger partial charge < -0.3 is 14.7 Å². The lowest BCUT2D eigenvalue weighted by Crippen LogP contribution is -2.57. The van der Waals surface area contributed by atoms with Crippen LogP contribution in [-0.4, -0.2) is 39.9 Å². The third kappa shape index (κ3) is 2.15. The Morgan fingerprint density at radius 2 is 1.97 bits per heavy atom. The summed E-state index contributed by atoms with van der Waals surface area (Å²) in [6, 6.07) is 9.01. The maximum atomic E-state index is 13.1. The molecule has 1 saturated carbocycles. The van der Waals surface area contributed by atoms with Gasteiger partial charge in [-0.25, -0.2) is 4.79 Å². The molecule has 1 spiro atoms. The van der Waals surface area contributed by atoms with Crippen molar-refractivity contribution in [3.63, 3.8) is 0 Å². The number of carbonyl (C=O) groups is 2. The molecule has 0 radical (unpaired) electrons. The second kappa shape index (κ2) is 6.02. The summed E-state index contributed by atoms with van der Waals surface area (Å²) in [7, 11) is 0. The van der Waals surface area contributed by atoms with Gasteiger partial charge in [-0.3, -0.25) is 4.79 Å². The number of esters is 1. The maximum absolute atomic E-state index is 13.1. The third-order valence-electron chi connectivity index (χ3n) is 7.70. The van der Waals surface area contributed by atoms with Gasteiger partial charge in [0.1, 0.15) is 17.1 Å². The number of nitriles is 1. The minimum Gasteiger partial charge on any atom is -0.458 e. The van der Waals surface area contributed by atoms with Gasteiger partial charge in [-0.2, -0.15) is 5.26 Å². The van der Waals surface area contributed by atoms with Crippen molar-refractivity contribution in [2.75, 3.05) is 0 Å². The van der Waals surface area contributed by atoms with Gasteiger partial charge in [-0.15, -0.1) is 0 Å². The van der Waals surface area contributed by atoms with Gasteiger partial charge >= 0.3 is 5.97 Å². The van der Waals surface area contributed by atoms with Crippen LogP contribution in [0.25, 0.3) is 0 Å². The highest BCUT2D eigenvalue weighted by atomic mass is 16.7. The molecule has 1 aromatic rings. The summed E-state index contributed by atoms with van der Waals surface area (Å²) in [5, 5.41) is 24.6. The fourth-order valence-electron chi connectivity index (χ4n) is 5.69. The van der Waals surface area contributed by atoms with E-state index in [4.69, 9.17) is 14.8 Å². The van der Waals surface area contributed by atoms with Gasteiger partial charge in [0.25, 0.3) is 0 Å². The first-order chi connectivity index (χ1) is 14.3. The van der Waals surface area contributed by atoms with Crippen molar-refractivity contribution in [2.24, 2.45) is 22.4 Å². The average Bonchev–Trinajstić information content (AvgIpc) is 3.37. The molecule has 4 aliphatic rings. The molecule has 0 aromatic heterocycles. The Bertz CT molecular complexity index is 1050. The monoisotopic (exact) mass is 406 g/mol. The summed E-state index contributed by atoms with van der Waals surface area (Å²) in [5.74, 6) is -1.35. The molecule has 30 heavy (non-hydrogen) atoms. The Balaban J connectivity index is 1.51. The van der Waals surface area contributed by atoms with Crippen LogP contribution in [0.3, 0.4) is 0 Å². The standard InChI is InChI=1S/C23H22N2O5/c1-13-3-8-16-19(21(2)18(26)9-10-23(13,21)28)29-20(27)22(16)11-17(25-30-22)15-6-4-14(12-24)5-7-15/h4-7,9-10,13,16,19,28H,3,8,11H2,1-2H3/t13-,16+,19+,21-,22-,23+/m0/s1. The lowest BCUT2D eigenvalue weighted by molar-refractivity contribution is -0.169. The first-order valence-corrected chi connectivity index (χ1v) is 10.2.